The van der Waals surface area contributed by atoms with Gasteiger partial charge in [-0.3, -0.25) is 4.79 Å². The van der Waals surface area contributed by atoms with Gasteiger partial charge < -0.3 is 4.74 Å². The van der Waals surface area contributed by atoms with Gasteiger partial charge in [0.1, 0.15) is 11.9 Å². The third-order valence-corrected chi connectivity index (χ3v) is 6.69. The maximum atomic E-state index is 12.3. The molecule has 2 aromatic carbocycles. The van der Waals surface area contributed by atoms with Crippen molar-refractivity contribution in [2.45, 2.75) is 18.9 Å². The Morgan fingerprint density at radius 2 is 1.81 bits per heavy atom. The van der Waals surface area contributed by atoms with E-state index in [9.17, 15) is 13.2 Å². The largest absolute Gasteiger partial charge is 0.485 e. The van der Waals surface area contributed by atoms with Crippen LogP contribution in [0.3, 0.4) is 0 Å². The van der Waals surface area contributed by atoms with Crippen molar-refractivity contribution in [3.05, 3.63) is 65.7 Å². The molecular weight excluding hydrogens is 364 g/mol. The number of hydrogen-bond acceptors (Lipinski definition) is 5. The maximum Gasteiger partial charge on any atom is 0.244 e. The molecule has 1 saturated heterocycles. The topological polar surface area (TPSA) is 84.8 Å². The molecule has 0 saturated carbocycles. The van der Waals surface area contributed by atoms with E-state index in [0.29, 0.717) is 18.6 Å². The van der Waals surface area contributed by atoms with Gasteiger partial charge in [0.15, 0.2) is 9.84 Å². The summed E-state index contributed by atoms with van der Waals surface area (Å²) in [5, 5.41) is 4.33. The van der Waals surface area contributed by atoms with Crippen molar-refractivity contribution < 1.29 is 17.9 Å². The van der Waals surface area contributed by atoms with E-state index in [2.05, 4.69) is 10.5 Å². The summed E-state index contributed by atoms with van der Waals surface area (Å²) in [5.74, 6) is -0.193. The van der Waals surface area contributed by atoms with Crippen molar-refractivity contribution in [1.29, 1.82) is 0 Å². The summed E-state index contributed by atoms with van der Waals surface area (Å²) in [4.78, 5) is 12.3. The lowest BCUT2D eigenvalue weighted by Gasteiger charge is -2.27. The third-order valence-electron chi connectivity index (χ3n) is 4.92. The van der Waals surface area contributed by atoms with Gasteiger partial charge >= 0.3 is 0 Å². The summed E-state index contributed by atoms with van der Waals surface area (Å²) in [6, 6.07) is 17.4. The molecule has 0 aliphatic carbocycles. The molecule has 1 fully saturated rings. The van der Waals surface area contributed by atoms with Gasteiger partial charge in [-0.15, -0.1) is 0 Å². The summed E-state index contributed by atoms with van der Waals surface area (Å²) in [6.45, 7) is 0. The number of carbonyl (C=O) groups excluding carboxylic acids is 1. The average molecular weight is 384 g/mol. The predicted molar refractivity (Wildman–Crippen MR) is 102 cm³/mol. The number of rotatable bonds is 3. The van der Waals surface area contributed by atoms with E-state index in [1.807, 2.05) is 54.6 Å². The summed E-state index contributed by atoms with van der Waals surface area (Å²) in [6.07, 6.45) is 0.680. The van der Waals surface area contributed by atoms with Crippen LogP contribution in [-0.2, 0) is 14.6 Å². The molecule has 1 N–H and O–H groups in total. The monoisotopic (exact) mass is 384 g/mol. The van der Waals surface area contributed by atoms with E-state index < -0.39 is 15.8 Å². The van der Waals surface area contributed by atoms with Crippen LogP contribution in [0.5, 0.6) is 5.75 Å². The number of sulfone groups is 1. The molecule has 0 unspecified atom stereocenters. The fourth-order valence-electron chi connectivity index (χ4n) is 3.46. The van der Waals surface area contributed by atoms with Crippen molar-refractivity contribution >= 4 is 21.5 Å². The Hall–Kier alpha value is -2.67. The van der Waals surface area contributed by atoms with Crippen LogP contribution in [0.4, 0.5) is 0 Å². The molecule has 2 aliphatic heterocycles. The SMILES string of the molecule is O=C(NN=C1C[C@@H](c2ccccc2)Oc2ccccc21)[C@H]1CCS(=O)(=O)C1. The number of benzene rings is 2. The minimum atomic E-state index is -3.11. The zero-order valence-corrected chi connectivity index (χ0v) is 15.5. The fourth-order valence-corrected chi connectivity index (χ4v) is 5.20. The number of hydrogen-bond donors (Lipinski definition) is 1. The van der Waals surface area contributed by atoms with E-state index >= 15 is 0 Å². The van der Waals surface area contributed by atoms with E-state index in [-0.39, 0.29) is 23.5 Å². The molecule has 0 spiro atoms. The molecule has 2 atom stereocenters. The van der Waals surface area contributed by atoms with E-state index in [0.717, 1.165) is 16.8 Å². The van der Waals surface area contributed by atoms with Gasteiger partial charge in [-0.1, -0.05) is 42.5 Å². The predicted octanol–water partition coefficient (Wildman–Crippen LogP) is 2.47. The average Bonchev–Trinajstić information content (AvgIpc) is 3.06. The second-order valence-corrected chi connectivity index (χ2v) is 9.08. The first-order valence-corrected chi connectivity index (χ1v) is 10.7. The fraction of sp³-hybridized carbons (Fsp3) is 0.300. The Morgan fingerprint density at radius 3 is 2.56 bits per heavy atom. The summed E-state index contributed by atoms with van der Waals surface area (Å²) >= 11 is 0. The van der Waals surface area contributed by atoms with Crippen LogP contribution in [0, 0.1) is 5.92 Å². The maximum absolute atomic E-state index is 12.3. The van der Waals surface area contributed by atoms with Gasteiger partial charge in [0.05, 0.1) is 23.1 Å². The number of nitrogens with one attached hydrogen (secondary N) is 1. The number of ether oxygens (including phenoxy) is 1. The number of nitrogens with zero attached hydrogens (tertiary/aromatic N) is 1. The summed E-state index contributed by atoms with van der Waals surface area (Å²) in [7, 11) is -3.11. The van der Waals surface area contributed by atoms with Gasteiger partial charge in [-0.2, -0.15) is 5.10 Å². The zero-order valence-electron chi connectivity index (χ0n) is 14.7. The minimum Gasteiger partial charge on any atom is -0.485 e. The molecule has 0 aromatic heterocycles. The van der Waals surface area contributed by atoms with E-state index in [1.165, 1.54) is 0 Å². The number of amides is 1. The van der Waals surface area contributed by atoms with Crippen molar-refractivity contribution in [3.8, 4) is 5.75 Å². The molecular formula is C20H20N2O4S. The molecule has 2 aliphatic rings. The first-order chi connectivity index (χ1) is 13.0. The van der Waals surface area contributed by atoms with Crippen LogP contribution in [0.25, 0.3) is 0 Å². The highest BCUT2D eigenvalue weighted by Gasteiger charge is 2.33. The van der Waals surface area contributed by atoms with Crippen molar-refractivity contribution in [2.24, 2.45) is 11.0 Å². The van der Waals surface area contributed by atoms with Crippen LogP contribution in [0.1, 0.15) is 30.1 Å². The zero-order chi connectivity index (χ0) is 18.9. The molecule has 0 bridgehead atoms. The first kappa shape index (κ1) is 17.7. The Kier molecular flexibility index (Phi) is 4.70. The van der Waals surface area contributed by atoms with Crippen molar-refractivity contribution in [2.75, 3.05) is 11.5 Å². The van der Waals surface area contributed by atoms with Crippen molar-refractivity contribution in [1.82, 2.24) is 5.43 Å². The second kappa shape index (κ2) is 7.15. The lowest BCUT2D eigenvalue weighted by molar-refractivity contribution is -0.124. The first-order valence-electron chi connectivity index (χ1n) is 8.90. The van der Waals surface area contributed by atoms with Gasteiger partial charge in [0.2, 0.25) is 5.91 Å². The molecule has 27 heavy (non-hydrogen) atoms. The highest BCUT2D eigenvalue weighted by Crippen LogP contribution is 2.35. The molecule has 2 aromatic rings. The third kappa shape index (κ3) is 3.88. The van der Waals surface area contributed by atoms with Gasteiger partial charge in [-0.25, -0.2) is 13.8 Å². The molecule has 140 valence electrons. The molecule has 6 nitrogen and oxygen atoms in total. The van der Waals surface area contributed by atoms with Crippen LogP contribution in [-0.4, -0.2) is 31.5 Å². The van der Waals surface area contributed by atoms with Crippen LogP contribution in [0.2, 0.25) is 0 Å². The quantitative estimate of drug-likeness (QED) is 0.824. The van der Waals surface area contributed by atoms with Crippen LogP contribution < -0.4 is 10.2 Å². The van der Waals surface area contributed by atoms with E-state index in [1.54, 1.807) is 0 Å². The molecule has 4 rings (SSSR count). The summed E-state index contributed by atoms with van der Waals surface area (Å²) < 4.78 is 29.3. The van der Waals surface area contributed by atoms with Gasteiger partial charge in [0, 0.05) is 12.0 Å². The number of para-hydroxylation sites is 1. The highest BCUT2D eigenvalue weighted by molar-refractivity contribution is 7.91. The number of fused-ring (bicyclic) bond motifs is 1. The lowest BCUT2D eigenvalue weighted by atomic mass is 9.96. The lowest BCUT2D eigenvalue weighted by Crippen LogP contribution is -2.30. The number of hydrazone groups is 1. The minimum absolute atomic E-state index is 0.0639. The molecule has 7 heteroatoms. The van der Waals surface area contributed by atoms with E-state index in [4.69, 9.17) is 4.74 Å². The molecule has 1 amide bonds. The molecule has 2 heterocycles. The highest BCUT2D eigenvalue weighted by atomic mass is 32.2. The Morgan fingerprint density at radius 1 is 1.07 bits per heavy atom. The summed E-state index contributed by atoms with van der Waals surface area (Å²) in [5.41, 5.74) is 5.17. The van der Waals surface area contributed by atoms with Crippen LogP contribution >= 0.6 is 0 Å². The van der Waals surface area contributed by atoms with Gasteiger partial charge in [-0.05, 0) is 24.1 Å². The second-order valence-electron chi connectivity index (χ2n) is 6.85. The Balaban J connectivity index is 1.57. The number of carbonyl (C=O) groups is 1. The smallest absolute Gasteiger partial charge is 0.244 e. The normalized spacial score (nSPS) is 24.8. The van der Waals surface area contributed by atoms with Crippen molar-refractivity contribution in [3.63, 3.8) is 0 Å². The standard InChI is InChI=1S/C20H20N2O4S/c23-20(15-10-11-27(24,25)13-15)22-21-17-12-19(14-6-2-1-3-7-14)26-18-9-5-4-8-16(17)18/h1-9,15,19H,10-13H2,(H,22,23)/t15-,19-/m0/s1. The van der Waals surface area contributed by atoms with Crippen LogP contribution in [0.15, 0.2) is 59.7 Å². The molecule has 0 radical (unpaired) electrons. The van der Waals surface area contributed by atoms with Gasteiger partial charge in [0.25, 0.3) is 0 Å². The Labute approximate surface area is 158 Å². The Bertz CT molecular complexity index is 986.